The molecule has 6 heteroatoms. The molecule has 5 rings (SSSR count). The van der Waals surface area contributed by atoms with Gasteiger partial charge in [-0.05, 0) is 47.5 Å². The van der Waals surface area contributed by atoms with Gasteiger partial charge in [0.25, 0.3) is 11.8 Å². The Kier molecular flexibility index (Phi) is 2.92. The third kappa shape index (κ3) is 2.06. The molecule has 0 fully saturated rings. The zero-order chi connectivity index (χ0) is 18.7. The molecule has 0 aliphatic carbocycles. The van der Waals surface area contributed by atoms with Gasteiger partial charge in [-0.25, -0.2) is 0 Å². The van der Waals surface area contributed by atoms with Crippen LogP contribution >= 0.6 is 0 Å². The fourth-order valence-electron chi connectivity index (χ4n) is 3.73. The maximum atomic E-state index is 12.6. The second-order valence-electron chi connectivity index (χ2n) is 6.43. The summed E-state index contributed by atoms with van der Waals surface area (Å²) in [6.45, 7) is 0. The van der Waals surface area contributed by atoms with Crippen LogP contribution in [-0.4, -0.2) is 21.9 Å². The Morgan fingerprint density at radius 2 is 1.74 bits per heavy atom. The van der Waals surface area contributed by atoms with E-state index in [0.717, 1.165) is 5.52 Å². The molecule has 3 N–H and O–H groups in total. The average Bonchev–Trinajstić information content (AvgIpc) is 3.17. The number of benzene rings is 3. The van der Waals surface area contributed by atoms with Crippen molar-refractivity contribution in [3.8, 4) is 22.9 Å². The number of nitriles is 1. The van der Waals surface area contributed by atoms with Crippen LogP contribution < -0.4 is 5.32 Å². The fourth-order valence-corrected chi connectivity index (χ4v) is 3.73. The minimum atomic E-state index is -0.470. The standard InChI is InChI=1S/C21H11N3O3/c22-9-10-2-1-3-11(6-10)13-8-16-17(19-18(13)20(26)24-21(19)27)14-7-12(25)4-5-15(14)23-16/h1-8,23,25H,(H,24,26,27). The highest BCUT2D eigenvalue weighted by Crippen LogP contribution is 2.39. The van der Waals surface area contributed by atoms with Crippen LogP contribution in [0.25, 0.3) is 32.9 Å². The third-order valence-corrected chi connectivity index (χ3v) is 4.85. The molecule has 0 saturated carbocycles. The van der Waals surface area contributed by atoms with Gasteiger partial charge in [0.15, 0.2) is 0 Å². The van der Waals surface area contributed by atoms with E-state index in [2.05, 4.69) is 16.4 Å². The van der Waals surface area contributed by atoms with Crippen molar-refractivity contribution >= 4 is 33.6 Å². The molecule has 0 unspecified atom stereocenters. The van der Waals surface area contributed by atoms with Gasteiger partial charge < -0.3 is 10.1 Å². The van der Waals surface area contributed by atoms with E-state index >= 15 is 0 Å². The predicted molar refractivity (Wildman–Crippen MR) is 99.4 cm³/mol. The molecule has 0 atom stereocenters. The first-order chi connectivity index (χ1) is 13.1. The lowest BCUT2D eigenvalue weighted by atomic mass is 9.92. The molecule has 6 nitrogen and oxygen atoms in total. The molecule has 0 spiro atoms. The Bertz CT molecular complexity index is 1360. The molecule has 27 heavy (non-hydrogen) atoms. The van der Waals surface area contributed by atoms with E-state index in [-0.39, 0.29) is 16.9 Å². The maximum Gasteiger partial charge on any atom is 0.259 e. The highest BCUT2D eigenvalue weighted by atomic mass is 16.3. The van der Waals surface area contributed by atoms with Crippen LogP contribution in [0, 0.1) is 11.3 Å². The van der Waals surface area contributed by atoms with Crippen LogP contribution in [0.4, 0.5) is 0 Å². The summed E-state index contributed by atoms with van der Waals surface area (Å²) in [5.41, 5.74) is 3.72. The van der Waals surface area contributed by atoms with Gasteiger partial charge in [0.05, 0.1) is 22.8 Å². The van der Waals surface area contributed by atoms with Gasteiger partial charge in [0.2, 0.25) is 0 Å². The summed E-state index contributed by atoms with van der Waals surface area (Å²) in [6, 6.07) is 15.6. The predicted octanol–water partition coefficient (Wildman–Crippen LogP) is 3.45. The van der Waals surface area contributed by atoms with Gasteiger partial charge in [-0.15, -0.1) is 0 Å². The molecule has 128 valence electrons. The lowest BCUT2D eigenvalue weighted by Crippen LogP contribution is -2.20. The van der Waals surface area contributed by atoms with Crippen molar-refractivity contribution < 1.29 is 14.7 Å². The lowest BCUT2D eigenvalue weighted by molar-refractivity contribution is 0.0880. The quantitative estimate of drug-likeness (QED) is 0.456. The van der Waals surface area contributed by atoms with E-state index in [9.17, 15) is 20.0 Å². The Morgan fingerprint density at radius 3 is 2.56 bits per heavy atom. The van der Waals surface area contributed by atoms with E-state index in [1.54, 1.807) is 48.5 Å². The molecule has 3 aromatic carbocycles. The van der Waals surface area contributed by atoms with Gasteiger partial charge in [-0.3, -0.25) is 14.9 Å². The zero-order valence-corrected chi connectivity index (χ0v) is 13.8. The molecule has 1 aliphatic rings. The number of aromatic hydroxyl groups is 1. The number of fused-ring (bicyclic) bond motifs is 5. The third-order valence-electron chi connectivity index (χ3n) is 4.85. The Labute approximate surface area is 152 Å². The van der Waals surface area contributed by atoms with E-state index in [1.165, 1.54) is 0 Å². The van der Waals surface area contributed by atoms with Gasteiger partial charge >= 0.3 is 0 Å². The number of nitrogens with one attached hydrogen (secondary N) is 2. The molecular formula is C21H11N3O3. The molecule has 0 radical (unpaired) electrons. The number of amides is 2. The normalized spacial score (nSPS) is 13.0. The zero-order valence-electron chi connectivity index (χ0n) is 13.8. The monoisotopic (exact) mass is 353 g/mol. The molecular weight excluding hydrogens is 342 g/mol. The van der Waals surface area contributed by atoms with Gasteiger partial charge in [0, 0.05) is 21.8 Å². The SMILES string of the molecule is N#Cc1cccc(-c2cc3[nH]c4ccc(O)cc4c3c3c2C(=O)NC3=O)c1. The summed E-state index contributed by atoms with van der Waals surface area (Å²) >= 11 is 0. The number of phenolic OH excluding ortho intramolecular Hbond substituents is 1. The number of imide groups is 1. The van der Waals surface area contributed by atoms with Gasteiger partial charge in [0.1, 0.15) is 5.75 Å². The largest absolute Gasteiger partial charge is 0.508 e. The molecule has 2 heterocycles. The molecule has 0 saturated heterocycles. The topological polar surface area (TPSA) is 106 Å². The highest BCUT2D eigenvalue weighted by Gasteiger charge is 2.33. The first kappa shape index (κ1) is 15.2. The van der Waals surface area contributed by atoms with E-state index in [0.29, 0.717) is 33.0 Å². The average molecular weight is 353 g/mol. The van der Waals surface area contributed by atoms with Gasteiger partial charge in [-0.1, -0.05) is 12.1 Å². The molecule has 1 aromatic heterocycles. The van der Waals surface area contributed by atoms with Crippen molar-refractivity contribution in [1.82, 2.24) is 10.3 Å². The minimum absolute atomic E-state index is 0.0766. The van der Waals surface area contributed by atoms with Crippen LogP contribution in [-0.2, 0) is 0 Å². The second kappa shape index (κ2) is 5.19. The van der Waals surface area contributed by atoms with E-state index < -0.39 is 11.8 Å². The fraction of sp³-hybridized carbons (Fsp3) is 0. The van der Waals surface area contributed by atoms with Crippen molar-refractivity contribution in [3.05, 3.63) is 65.2 Å². The van der Waals surface area contributed by atoms with E-state index in [4.69, 9.17) is 0 Å². The number of hydrogen-bond acceptors (Lipinski definition) is 4. The number of carbonyl (C=O) groups excluding carboxylic acids is 2. The highest BCUT2D eigenvalue weighted by molar-refractivity contribution is 6.32. The van der Waals surface area contributed by atoms with Crippen molar-refractivity contribution in [2.75, 3.05) is 0 Å². The van der Waals surface area contributed by atoms with Crippen molar-refractivity contribution in [1.29, 1.82) is 5.26 Å². The summed E-state index contributed by atoms with van der Waals surface area (Å²) in [5.74, 6) is -0.862. The molecule has 4 aromatic rings. The van der Waals surface area contributed by atoms with Crippen LogP contribution in [0.1, 0.15) is 26.3 Å². The lowest BCUT2D eigenvalue weighted by Gasteiger charge is -2.08. The number of phenols is 1. The number of H-pyrrole nitrogens is 1. The van der Waals surface area contributed by atoms with E-state index in [1.807, 2.05) is 0 Å². The molecule has 1 aliphatic heterocycles. The van der Waals surface area contributed by atoms with Crippen molar-refractivity contribution in [2.24, 2.45) is 0 Å². The smallest absolute Gasteiger partial charge is 0.259 e. The summed E-state index contributed by atoms with van der Waals surface area (Å²) in [4.78, 5) is 28.3. The second-order valence-corrected chi connectivity index (χ2v) is 6.43. The number of rotatable bonds is 1. The van der Waals surface area contributed by atoms with Crippen molar-refractivity contribution in [3.63, 3.8) is 0 Å². The Hall–Kier alpha value is -4.11. The van der Waals surface area contributed by atoms with Crippen LogP contribution in [0.15, 0.2) is 48.5 Å². The Morgan fingerprint density at radius 1 is 0.926 bits per heavy atom. The summed E-state index contributed by atoms with van der Waals surface area (Å²) in [6.07, 6.45) is 0. The van der Waals surface area contributed by atoms with Crippen LogP contribution in [0.3, 0.4) is 0 Å². The summed E-state index contributed by atoms with van der Waals surface area (Å²) in [7, 11) is 0. The number of aromatic amines is 1. The number of hydrogen-bond donors (Lipinski definition) is 3. The van der Waals surface area contributed by atoms with Crippen molar-refractivity contribution in [2.45, 2.75) is 0 Å². The summed E-state index contributed by atoms with van der Waals surface area (Å²) < 4.78 is 0. The number of aromatic nitrogens is 1. The first-order valence-electron chi connectivity index (χ1n) is 8.24. The van der Waals surface area contributed by atoms with Crippen LogP contribution in [0.5, 0.6) is 5.75 Å². The molecule has 0 bridgehead atoms. The number of carbonyl (C=O) groups is 2. The molecule has 2 amide bonds. The minimum Gasteiger partial charge on any atom is -0.508 e. The maximum absolute atomic E-state index is 12.6. The van der Waals surface area contributed by atoms with Crippen LogP contribution in [0.2, 0.25) is 0 Å². The first-order valence-corrected chi connectivity index (χ1v) is 8.24. The number of nitrogens with zero attached hydrogens (tertiary/aromatic N) is 1. The summed E-state index contributed by atoms with van der Waals surface area (Å²) in [5, 5.41) is 22.7. The Balaban J connectivity index is 1.95. The van der Waals surface area contributed by atoms with Gasteiger partial charge in [-0.2, -0.15) is 5.26 Å².